The van der Waals surface area contributed by atoms with Crippen LogP contribution in [0.2, 0.25) is 0 Å². The largest absolute Gasteiger partial charge is 0.472 e. The van der Waals surface area contributed by atoms with Gasteiger partial charge in [0.15, 0.2) is 6.10 Å². The maximum absolute atomic E-state index is 12.6. The summed E-state index contributed by atoms with van der Waals surface area (Å²) in [6.45, 7) is 4.23. The van der Waals surface area contributed by atoms with Crippen molar-refractivity contribution in [2.45, 2.75) is 213 Å². The second kappa shape index (κ2) is 39.4. The van der Waals surface area contributed by atoms with E-state index in [0.29, 0.717) is 13.0 Å². The zero-order valence-corrected chi connectivity index (χ0v) is 34.9. The van der Waals surface area contributed by atoms with Gasteiger partial charge in [-0.2, -0.15) is 0 Å². The lowest BCUT2D eigenvalue weighted by atomic mass is 10.0. The van der Waals surface area contributed by atoms with Crippen LogP contribution in [-0.2, 0) is 32.7 Å². The summed E-state index contributed by atoms with van der Waals surface area (Å²) in [6.07, 6.45) is 38.2. The highest BCUT2D eigenvalue weighted by atomic mass is 31.2. The third-order valence-corrected chi connectivity index (χ3v) is 10.4. The number of carbonyl (C=O) groups is 2. The fourth-order valence-electron chi connectivity index (χ4n) is 6.08. The molecule has 308 valence electrons. The Morgan fingerprint density at radius 3 is 1.42 bits per heavy atom. The van der Waals surface area contributed by atoms with Crippen molar-refractivity contribution in [3.63, 3.8) is 0 Å². The van der Waals surface area contributed by atoms with E-state index in [4.69, 9.17) is 18.5 Å². The first-order valence-electron chi connectivity index (χ1n) is 21.6. The van der Waals surface area contributed by atoms with E-state index in [1.54, 1.807) is 7.05 Å². The minimum absolute atomic E-state index is 0.0150. The lowest BCUT2D eigenvalue weighted by Gasteiger charge is -2.20. The molecule has 0 aromatic rings. The molecule has 0 saturated heterocycles. The van der Waals surface area contributed by atoms with E-state index in [-0.39, 0.29) is 32.0 Å². The number of hydrogen-bond acceptors (Lipinski definition) is 8. The number of carbonyl (C=O) groups excluding carboxylic acids is 2. The average molecular weight is 760 g/mol. The molecule has 0 saturated carbocycles. The van der Waals surface area contributed by atoms with Crippen molar-refractivity contribution in [2.24, 2.45) is 0 Å². The first kappa shape index (κ1) is 50.8. The van der Waals surface area contributed by atoms with Crippen LogP contribution in [0.25, 0.3) is 0 Å². The highest BCUT2D eigenvalue weighted by Gasteiger charge is 2.26. The molecule has 0 radical (unpaired) electrons. The number of phosphoric acid groups is 1. The van der Waals surface area contributed by atoms with Gasteiger partial charge < -0.3 is 19.7 Å². The molecule has 0 heterocycles. The monoisotopic (exact) mass is 760 g/mol. The number of likely N-dealkylation sites (N-methyl/N-ethyl adjacent to an activating group) is 1. The molecular formula is C42H82NO8P. The topological polar surface area (TPSA) is 120 Å². The van der Waals surface area contributed by atoms with Crippen molar-refractivity contribution in [2.75, 3.05) is 33.4 Å². The van der Waals surface area contributed by atoms with Crippen LogP contribution in [0.5, 0.6) is 0 Å². The van der Waals surface area contributed by atoms with E-state index >= 15 is 0 Å². The van der Waals surface area contributed by atoms with Crippen LogP contribution in [0, 0.1) is 0 Å². The average Bonchev–Trinajstić information content (AvgIpc) is 3.12. The van der Waals surface area contributed by atoms with E-state index in [0.717, 1.165) is 51.4 Å². The number of unbranched alkanes of at least 4 members (excludes halogenated alkanes) is 25. The molecule has 9 nitrogen and oxygen atoms in total. The van der Waals surface area contributed by atoms with Gasteiger partial charge in [-0.25, -0.2) is 4.57 Å². The Kier molecular flexibility index (Phi) is 38.5. The van der Waals surface area contributed by atoms with Crippen molar-refractivity contribution in [1.29, 1.82) is 0 Å². The van der Waals surface area contributed by atoms with Crippen LogP contribution in [-0.4, -0.2) is 56.3 Å². The molecule has 0 bridgehead atoms. The standard InChI is InChI=1S/C42H82NO8P/c1-4-6-8-10-12-14-16-18-20-22-24-26-28-30-32-34-41(44)48-38-40(39-50-52(46,47)49-37-36-43-3)51-42(45)35-33-31-29-27-25-23-21-19-17-15-13-11-9-7-5-2/h18,20,40,43H,4-17,19,21-39H2,1-3H3,(H,46,47)/b20-18-. The second-order valence-corrected chi connectivity index (χ2v) is 16.0. The summed E-state index contributed by atoms with van der Waals surface area (Å²) in [7, 11) is -2.64. The number of nitrogens with one attached hydrogen (secondary N) is 1. The molecule has 0 aliphatic heterocycles. The van der Waals surface area contributed by atoms with Gasteiger partial charge in [-0.05, 0) is 45.6 Å². The molecule has 0 aliphatic rings. The maximum atomic E-state index is 12.6. The Hall–Kier alpha value is -1.25. The number of ether oxygens (including phenoxy) is 2. The number of rotatable bonds is 41. The molecule has 2 unspecified atom stereocenters. The van der Waals surface area contributed by atoms with E-state index in [1.165, 1.54) is 122 Å². The summed E-state index contributed by atoms with van der Waals surface area (Å²) in [5, 5.41) is 2.82. The Balaban J connectivity index is 4.21. The van der Waals surface area contributed by atoms with Gasteiger partial charge >= 0.3 is 19.8 Å². The Bertz CT molecular complexity index is 871. The van der Waals surface area contributed by atoms with Gasteiger partial charge in [0.2, 0.25) is 0 Å². The third-order valence-electron chi connectivity index (χ3n) is 9.39. The minimum atomic E-state index is -4.34. The Morgan fingerprint density at radius 1 is 0.577 bits per heavy atom. The maximum Gasteiger partial charge on any atom is 0.472 e. The quantitative estimate of drug-likeness (QED) is 0.0271. The van der Waals surface area contributed by atoms with Gasteiger partial charge in [0.25, 0.3) is 0 Å². The molecule has 0 aromatic carbocycles. The molecular weight excluding hydrogens is 677 g/mol. The lowest BCUT2D eigenvalue weighted by molar-refractivity contribution is -0.161. The summed E-state index contributed by atoms with van der Waals surface area (Å²) >= 11 is 0. The van der Waals surface area contributed by atoms with E-state index < -0.39 is 26.5 Å². The predicted molar refractivity (Wildman–Crippen MR) is 215 cm³/mol. The lowest BCUT2D eigenvalue weighted by Crippen LogP contribution is -2.29. The van der Waals surface area contributed by atoms with Crippen LogP contribution in [0.1, 0.15) is 206 Å². The molecule has 52 heavy (non-hydrogen) atoms. The Morgan fingerprint density at radius 2 is 0.981 bits per heavy atom. The Labute approximate surface area is 320 Å². The third kappa shape index (κ3) is 38.5. The van der Waals surface area contributed by atoms with Gasteiger partial charge in [0.05, 0.1) is 13.2 Å². The molecule has 0 amide bonds. The number of hydrogen-bond donors (Lipinski definition) is 2. The zero-order chi connectivity index (χ0) is 38.2. The smallest absolute Gasteiger partial charge is 0.462 e. The fourth-order valence-corrected chi connectivity index (χ4v) is 6.83. The molecule has 2 atom stereocenters. The molecule has 0 aromatic heterocycles. The highest BCUT2D eigenvalue weighted by Crippen LogP contribution is 2.43. The summed E-state index contributed by atoms with van der Waals surface area (Å²) in [6, 6.07) is 0. The number of phosphoric ester groups is 1. The fraction of sp³-hybridized carbons (Fsp3) is 0.905. The molecule has 10 heteroatoms. The van der Waals surface area contributed by atoms with Crippen molar-refractivity contribution in [3.05, 3.63) is 12.2 Å². The van der Waals surface area contributed by atoms with Crippen molar-refractivity contribution >= 4 is 19.8 Å². The van der Waals surface area contributed by atoms with Crippen LogP contribution in [0.3, 0.4) is 0 Å². The van der Waals surface area contributed by atoms with E-state index in [2.05, 4.69) is 31.3 Å². The summed E-state index contributed by atoms with van der Waals surface area (Å²) in [5.74, 6) is -0.806. The van der Waals surface area contributed by atoms with Gasteiger partial charge in [0, 0.05) is 19.4 Å². The van der Waals surface area contributed by atoms with Crippen LogP contribution in [0.4, 0.5) is 0 Å². The summed E-state index contributed by atoms with van der Waals surface area (Å²) in [4.78, 5) is 35.0. The first-order valence-corrected chi connectivity index (χ1v) is 23.1. The number of esters is 2. The summed E-state index contributed by atoms with van der Waals surface area (Å²) in [5.41, 5.74) is 0. The molecule has 0 aliphatic carbocycles. The molecule has 0 rings (SSSR count). The van der Waals surface area contributed by atoms with Crippen LogP contribution >= 0.6 is 7.82 Å². The zero-order valence-electron chi connectivity index (χ0n) is 34.0. The summed E-state index contributed by atoms with van der Waals surface area (Å²) < 4.78 is 33.2. The predicted octanol–water partition coefficient (Wildman–Crippen LogP) is 12.1. The van der Waals surface area contributed by atoms with Crippen molar-refractivity contribution < 1.29 is 37.6 Å². The van der Waals surface area contributed by atoms with E-state index in [1.807, 2.05) is 0 Å². The van der Waals surface area contributed by atoms with Crippen molar-refractivity contribution in [3.8, 4) is 0 Å². The van der Waals surface area contributed by atoms with Crippen molar-refractivity contribution in [1.82, 2.24) is 5.32 Å². The van der Waals surface area contributed by atoms with Gasteiger partial charge in [-0.15, -0.1) is 0 Å². The van der Waals surface area contributed by atoms with Gasteiger partial charge in [-0.3, -0.25) is 18.6 Å². The van der Waals surface area contributed by atoms with E-state index in [9.17, 15) is 19.0 Å². The minimum Gasteiger partial charge on any atom is -0.462 e. The van der Waals surface area contributed by atoms with Crippen LogP contribution < -0.4 is 5.32 Å². The molecule has 0 fully saturated rings. The second-order valence-electron chi connectivity index (χ2n) is 14.5. The highest BCUT2D eigenvalue weighted by molar-refractivity contribution is 7.47. The SMILES string of the molecule is CCCCCCCC/C=C\CCCCCCCC(=O)OCC(COP(=O)(O)OCCNC)OC(=O)CCCCCCCCCCCCCCCCC. The van der Waals surface area contributed by atoms with Gasteiger partial charge in [-0.1, -0.05) is 167 Å². The molecule has 2 N–H and O–H groups in total. The number of allylic oxidation sites excluding steroid dienone is 2. The normalized spacial score (nSPS) is 13.4. The first-order chi connectivity index (χ1) is 25.3. The van der Waals surface area contributed by atoms with Gasteiger partial charge in [0.1, 0.15) is 6.61 Å². The molecule has 0 spiro atoms. The van der Waals surface area contributed by atoms with Crippen LogP contribution in [0.15, 0.2) is 12.2 Å².